The van der Waals surface area contributed by atoms with Gasteiger partial charge in [-0.25, -0.2) is 0 Å². The third kappa shape index (κ3) is 5.43. The highest BCUT2D eigenvalue weighted by atomic mass is 28.4. The lowest BCUT2D eigenvalue weighted by atomic mass is 10.1. The molecule has 0 bridgehead atoms. The van der Waals surface area contributed by atoms with Crippen LogP contribution in [0.2, 0.25) is 18.1 Å². The van der Waals surface area contributed by atoms with Crippen LogP contribution >= 0.6 is 0 Å². The number of carbonyl (C=O) groups is 1. The Balaban J connectivity index is 2.42. The largest absolute Gasteiger partial charge is 0.496 e. The van der Waals surface area contributed by atoms with Gasteiger partial charge in [0.2, 0.25) is 0 Å². The molecule has 0 aliphatic carbocycles. The van der Waals surface area contributed by atoms with Crippen LogP contribution in [-0.4, -0.2) is 43.8 Å². The Morgan fingerprint density at radius 3 is 2.52 bits per heavy atom. The number of amides is 1. The zero-order chi connectivity index (χ0) is 23.6. The van der Waals surface area contributed by atoms with Gasteiger partial charge >= 0.3 is 0 Å². The highest BCUT2D eigenvalue weighted by Gasteiger charge is 2.40. The van der Waals surface area contributed by atoms with Gasteiger partial charge in [0.05, 0.1) is 24.7 Å². The van der Waals surface area contributed by atoms with E-state index in [0.29, 0.717) is 24.3 Å². The van der Waals surface area contributed by atoms with Gasteiger partial charge in [0, 0.05) is 18.3 Å². The Labute approximate surface area is 186 Å². The molecule has 1 atom stereocenters. The summed E-state index contributed by atoms with van der Waals surface area (Å²) < 4.78 is 11.7. The Bertz CT molecular complexity index is 915. The number of hydrogen-bond acceptors (Lipinski definition) is 5. The molecule has 0 radical (unpaired) electrons. The highest BCUT2D eigenvalue weighted by Crippen LogP contribution is 2.38. The molecule has 2 rings (SSSR count). The van der Waals surface area contributed by atoms with Crippen molar-refractivity contribution < 1.29 is 18.9 Å². The van der Waals surface area contributed by atoms with Gasteiger partial charge in [-0.05, 0) is 49.5 Å². The number of ether oxygens (including phenoxy) is 1. The number of nitro groups is 1. The van der Waals surface area contributed by atoms with E-state index in [0.717, 1.165) is 5.57 Å². The quantitative estimate of drug-likeness (QED) is 0.309. The van der Waals surface area contributed by atoms with E-state index >= 15 is 0 Å². The Morgan fingerprint density at radius 1 is 1.35 bits per heavy atom. The van der Waals surface area contributed by atoms with Crippen molar-refractivity contribution in [3.63, 3.8) is 0 Å². The number of benzene rings is 1. The van der Waals surface area contributed by atoms with Crippen LogP contribution in [0, 0.1) is 17.0 Å². The standard InChI is InChI=1S/C23H34N2O5Si/c1-9-10-17-12-18(15-30-31(7,8)23(3,4)5)24(14-17)22(26)19-13-21(29-6)16(2)11-20(19)25(27)28/h9-11,13-14,18H,12,15H2,1-8H3/b10-9+/t18-/m0/s1. The molecule has 1 aliphatic rings. The summed E-state index contributed by atoms with van der Waals surface area (Å²) >= 11 is 0. The first-order valence-electron chi connectivity index (χ1n) is 10.5. The van der Waals surface area contributed by atoms with Crippen LogP contribution in [-0.2, 0) is 4.43 Å². The summed E-state index contributed by atoms with van der Waals surface area (Å²) in [5.74, 6) is 0.0215. The average Bonchev–Trinajstić information content (AvgIpc) is 3.07. The first-order chi connectivity index (χ1) is 14.3. The summed E-state index contributed by atoms with van der Waals surface area (Å²) in [6.45, 7) is 14.9. The van der Waals surface area contributed by atoms with Crippen LogP contribution in [0.1, 0.15) is 50.0 Å². The molecule has 0 N–H and O–H groups in total. The van der Waals surface area contributed by atoms with Gasteiger partial charge in [-0.1, -0.05) is 32.9 Å². The van der Waals surface area contributed by atoms with Gasteiger partial charge in [-0.2, -0.15) is 0 Å². The maximum absolute atomic E-state index is 13.5. The first-order valence-corrected chi connectivity index (χ1v) is 13.4. The van der Waals surface area contributed by atoms with E-state index in [9.17, 15) is 14.9 Å². The van der Waals surface area contributed by atoms with Crippen LogP contribution < -0.4 is 4.74 Å². The van der Waals surface area contributed by atoms with E-state index in [1.54, 1.807) is 18.0 Å². The maximum atomic E-state index is 13.5. The van der Waals surface area contributed by atoms with Crippen LogP contribution in [0.3, 0.4) is 0 Å². The smallest absolute Gasteiger partial charge is 0.282 e. The SMILES string of the molecule is C/C=C/C1=CN(C(=O)c2cc(OC)c(C)cc2[N+](=O)[O-])[C@H](CO[Si](C)(C)C(C)(C)C)C1. The van der Waals surface area contributed by atoms with Gasteiger partial charge < -0.3 is 14.1 Å². The summed E-state index contributed by atoms with van der Waals surface area (Å²) in [7, 11) is -0.531. The molecule has 0 saturated carbocycles. The second-order valence-corrected chi connectivity index (χ2v) is 14.3. The Kier molecular flexibility index (Phi) is 7.49. The van der Waals surface area contributed by atoms with E-state index in [1.807, 2.05) is 19.1 Å². The third-order valence-electron chi connectivity index (χ3n) is 6.17. The van der Waals surface area contributed by atoms with Crippen LogP contribution in [0.4, 0.5) is 5.69 Å². The fourth-order valence-corrected chi connectivity index (χ4v) is 4.31. The van der Waals surface area contributed by atoms with Crippen molar-refractivity contribution in [2.24, 2.45) is 0 Å². The van der Waals surface area contributed by atoms with Crippen molar-refractivity contribution in [1.82, 2.24) is 4.90 Å². The van der Waals surface area contributed by atoms with Gasteiger partial charge in [-0.3, -0.25) is 14.9 Å². The van der Waals surface area contributed by atoms with Crippen molar-refractivity contribution >= 4 is 19.9 Å². The number of methoxy groups -OCH3 is 1. The summed E-state index contributed by atoms with van der Waals surface area (Å²) in [6, 6.07) is 2.63. The van der Waals surface area contributed by atoms with E-state index in [2.05, 4.69) is 33.9 Å². The van der Waals surface area contributed by atoms with Crippen LogP contribution in [0.25, 0.3) is 0 Å². The molecule has 31 heavy (non-hydrogen) atoms. The number of hydrogen-bond donors (Lipinski definition) is 0. The lowest BCUT2D eigenvalue weighted by Gasteiger charge is -2.38. The molecule has 1 aliphatic heterocycles. The summed E-state index contributed by atoms with van der Waals surface area (Å²) in [6.07, 6.45) is 6.29. The number of allylic oxidation sites excluding steroid dienone is 2. The van der Waals surface area contributed by atoms with Gasteiger partial charge in [0.25, 0.3) is 11.6 Å². The summed E-state index contributed by atoms with van der Waals surface area (Å²) in [4.78, 5) is 26.2. The predicted molar refractivity (Wildman–Crippen MR) is 125 cm³/mol. The van der Waals surface area contributed by atoms with E-state index in [-0.39, 0.29) is 22.3 Å². The minimum atomic E-state index is -2.01. The van der Waals surface area contributed by atoms with Crippen molar-refractivity contribution in [2.75, 3.05) is 13.7 Å². The Morgan fingerprint density at radius 2 is 2.00 bits per heavy atom. The normalized spacial score (nSPS) is 17.2. The second-order valence-electron chi connectivity index (χ2n) is 9.44. The average molecular weight is 447 g/mol. The fraction of sp³-hybridized carbons (Fsp3) is 0.522. The molecule has 1 amide bonds. The topological polar surface area (TPSA) is 81.9 Å². The molecule has 8 heteroatoms. The maximum Gasteiger partial charge on any atom is 0.282 e. The minimum Gasteiger partial charge on any atom is -0.496 e. The number of aryl methyl sites for hydroxylation is 1. The van der Waals surface area contributed by atoms with E-state index in [1.165, 1.54) is 19.2 Å². The molecule has 1 aromatic carbocycles. The Hall–Kier alpha value is -2.45. The number of carbonyl (C=O) groups excluding carboxylic acids is 1. The first kappa shape index (κ1) is 24.8. The van der Waals surface area contributed by atoms with E-state index in [4.69, 9.17) is 9.16 Å². The lowest BCUT2D eigenvalue weighted by molar-refractivity contribution is -0.385. The van der Waals surface area contributed by atoms with E-state index < -0.39 is 19.1 Å². The highest BCUT2D eigenvalue weighted by molar-refractivity contribution is 6.74. The third-order valence-corrected chi connectivity index (χ3v) is 10.7. The van der Waals surface area contributed by atoms with Gasteiger partial charge in [-0.15, -0.1) is 0 Å². The molecular formula is C23H34N2O5Si. The number of nitro benzene ring substituents is 1. The molecule has 0 saturated heterocycles. The molecule has 0 fully saturated rings. The molecule has 1 heterocycles. The van der Waals surface area contributed by atoms with Crippen molar-refractivity contribution in [1.29, 1.82) is 0 Å². The van der Waals surface area contributed by atoms with Gasteiger partial charge in [0.1, 0.15) is 11.3 Å². The number of rotatable bonds is 7. The summed E-state index contributed by atoms with van der Waals surface area (Å²) in [5, 5.41) is 11.7. The number of nitrogens with zero attached hydrogens (tertiary/aromatic N) is 2. The zero-order valence-corrected chi connectivity index (χ0v) is 20.8. The molecule has 1 aromatic rings. The van der Waals surface area contributed by atoms with Crippen LogP contribution in [0.15, 0.2) is 36.1 Å². The molecule has 0 spiro atoms. The summed E-state index contributed by atoms with van der Waals surface area (Å²) in [5.41, 5.74) is 1.39. The monoisotopic (exact) mass is 446 g/mol. The minimum absolute atomic E-state index is 0.0164. The molecule has 170 valence electrons. The lowest BCUT2D eigenvalue weighted by Crippen LogP contribution is -2.45. The fourth-order valence-electron chi connectivity index (χ4n) is 3.27. The van der Waals surface area contributed by atoms with Crippen molar-refractivity contribution in [3.05, 3.63) is 57.3 Å². The van der Waals surface area contributed by atoms with Gasteiger partial charge in [0.15, 0.2) is 8.32 Å². The molecule has 0 unspecified atom stereocenters. The second kappa shape index (κ2) is 9.36. The van der Waals surface area contributed by atoms with Crippen molar-refractivity contribution in [3.8, 4) is 5.75 Å². The predicted octanol–water partition coefficient (Wildman–Crippen LogP) is 5.61. The van der Waals surface area contributed by atoms with Crippen molar-refractivity contribution in [2.45, 2.75) is 65.2 Å². The molecule has 7 nitrogen and oxygen atoms in total. The zero-order valence-electron chi connectivity index (χ0n) is 19.8. The van der Waals surface area contributed by atoms with Crippen LogP contribution in [0.5, 0.6) is 5.75 Å². The molecule has 0 aromatic heterocycles. The molecular weight excluding hydrogens is 412 g/mol.